The van der Waals surface area contributed by atoms with Crippen LogP contribution in [0.5, 0.6) is 0 Å². The Labute approximate surface area is 113 Å². The number of halogens is 3. The van der Waals surface area contributed by atoms with E-state index in [9.17, 15) is 18.0 Å². The highest BCUT2D eigenvalue weighted by Gasteiger charge is 2.56. The molecular weight excluding hydrogens is 279 g/mol. The number of benzene rings is 1. The predicted octanol–water partition coefficient (Wildman–Crippen LogP) is 2.77. The Morgan fingerprint density at radius 3 is 2.37 bits per heavy atom. The fourth-order valence-electron chi connectivity index (χ4n) is 1.28. The van der Waals surface area contributed by atoms with Gasteiger partial charge in [0.15, 0.2) is 0 Å². The van der Waals surface area contributed by atoms with Crippen molar-refractivity contribution in [2.45, 2.75) is 23.5 Å². The molecule has 0 heterocycles. The second-order valence-corrected chi connectivity index (χ2v) is 5.18. The molecule has 1 aromatic carbocycles. The molecule has 0 bridgehead atoms. The summed E-state index contributed by atoms with van der Waals surface area (Å²) < 4.78 is 38.0. The van der Waals surface area contributed by atoms with Gasteiger partial charge in [0, 0.05) is 17.2 Å². The van der Waals surface area contributed by atoms with Crippen LogP contribution >= 0.6 is 11.8 Å². The number of nitrogens with one attached hydrogen (secondary N) is 1. The van der Waals surface area contributed by atoms with E-state index in [2.05, 4.69) is 5.32 Å². The van der Waals surface area contributed by atoms with E-state index in [1.807, 2.05) is 30.3 Å². The normalized spacial score (nSPS) is 14.9. The summed E-state index contributed by atoms with van der Waals surface area (Å²) in [6.07, 6.45) is -4.84. The summed E-state index contributed by atoms with van der Waals surface area (Å²) in [5.41, 5.74) is -2.91. The zero-order chi connectivity index (χ0) is 14.5. The van der Waals surface area contributed by atoms with Crippen LogP contribution in [0, 0.1) is 0 Å². The first-order chi connectivity index (χ1) is 8.77. The molecule has 0 fully saturated rings. The lowest BCUT2D eigenvalue weighted by molar-refractivity contribution is -0.205. The number of carbonyl (C=O) groups is 1. The predicted molar refractivity (Wildman–Crippen MR) is 67.3 cm³/mol. The highest BCUT2D eigenvalue weighted by Crippen LogP contribution is 2.30. The third kappa shape index (κ3) is 4.14. The molecule has 0 saturated heterocycles. The number of aliphatic carboxylic acids is 1. The van der Waals surface area contributed by atoms with Crippen molar-refractivity contribution in [3.8, 4) is 0 Å². The molecule has 0 aliphatic heterocycles. The number of hydrogen-bond acceptors (Lipinski definition) is 3. The van der Waals surface area contributed by atoms with Crippen molar-refractivity contribution in [3.05, 3.63) is 30.3 Å². The van der Waals surface area contributed by atoms with Gasteiger partial charge in [-0.15, -0.1) is 11.8 Å². The van der Waals surface area contributed by atoms with Crippen molar-refractivity contribution in [3.63, 3.8) is 0 Å². The van der Waals surface area contributed by atoms with Crippen LogP contribution in [0.2, 0.25) is 0 Å². The smallest absolute Gasteiger partial charge is 0.417 e. The Morgan fingerprint density at radius 2 is 1.89 bits per heavy atom. The summed E-state index contributed by atoms with van der Waals surface area (Å²) in [6, 6.07) is 9.17. The summed E-state index contributed by atoms with van der Waals surface area (Å²) in [7, 11) is 0. The maximum absolute atomic E-state index is 12.7. The first kappa shape index (κ1) is 15.8. The number of hydrogen-bond donors (Lipinski definition) is 2. The molecule has 0 amide bonds. The average Bonchev–Trinajstić information content (AvgIpc) is 2.34. The van der Waals surface area contributed by atoms with Gasteiger partial charge in [-0.3, -0.25) is 5.32 Å². The van der Waals surface area contributed by atoms with Gasteiger partial charge < -0.3 is 5.11 Å². The molecule has 106 valence electrons. The highest BCUT2D eigenvalue weighted by molar-refractivity contribution is 7.99. The van der Waals surface area contributed by atoms with Crippen LogP contribution in [-0.2, 0) is 4.79 Å². The Hall–Kier alpha value is -1.21. The lowest BCUT2D eigenvalue weighted by Gasteiger charge is -2.28. The monoisotopic (exact) mass is 293 g/mol. The fourth-order valence-corrected chi connectivity index (χ4v) is 2.07. The van der Waals surface area contributed by atoms with E-state index in [1.165, 1.54) is 11.8 Å². The van der Waals surface area contributed by atoms with E-state index >= 15 is 0 Å². The van der Waals surface area contributed by atoms with Gasteiger partial charge in [-0.05, 0) is 19.1 Å². The molecule has 1 aromatic rings. The van der Waals surface area contributed by atoms with E-state index in [-0.39, 0.29) is 6.54 Å². The van der Waals surface area contributed by atoms with Crippen LogP contribution in [0.25, 0.3) is 0 Å². The van der Waals surface area contributed by atoms with Crippen LogP contribution in [0.3, 0.4) is 0 Å². The van der Waals surface area contributed by atoms with Crippen LogP contribution in [-0.4, -0.2) is 35.1 Å². The van der Waals surface area contributed by atoms with E-state index < -0.39 is 17.7 Å². The van der Waals surface area contributed by atoms with E-state index in [0.717, 1.165) is 4.90 Å². The topological polar surface area (TPSA) is 49.3 Å². The van der Waals surface area contributed by atoms with Crippen molar-refractivity contribution >= 4 is 17.7 Å². The molecule has 0 aromatic heterocycles. The molecule has 3 nitrogen and oxygen atoms in total. The lowest BCUT2D eigenvalue weighted by atomic mass is 10.0. The van der Waals surface area contributed by atoms with Gasteiger partial charge >= 0.3 is 12.1 Å². The van der Waals surface area contributed by atoms with Crippen LogP contribution < -0.4 is 5.32 Å². The zero-order valence-corrected chi connectivity index (χ0v) is 11.0. The first-order valence-electron chi connectivity index (χ1n) is 5.50. The summed E-state index contributed by atoms with van der Waals surface area (Å²) in [6.45, 7) is 0.574. The molecule has 1 atom stereocenters. The minimum absolute atomic E-state index is 0.0537. The summed E-state index contributed by atoms with van der Waals surface area (Å²) in [4.78, 5) is 11.7. The van der Waals surface area contributed by atoms with Gasteiger partial charge in [0.2, 0.25) is 5.54 Å². The maximum Gasteiger partial charge on any atom is 0.417 e. The SMILES string of the molecule is CC(NCCSc1ccccc1)(C(=O)O)C(F)(F)F. The standard InChI is InChI=1S/C12H14F3NO2S/c1-11(10(17)18,12(13,14)15)16-7-8-19-9-5-3-2-4-6-9/h2-6,16H,7-8H2,1H3,(H,17,18). The minimum atomic E-state index is -4.84. The van der Waals surface area contributed by atoms with E-state index in [4.69, 9.17) is 5.11 Å². The molecule has 0 spiro atoms. The molecule has 0 saturated carbocycles. The third-order valence-corrected chi connectivity index (χ3v) is 3.60. The van der Waals surface area contributed by atoms with Gasteiger partial charge in [-0.1, -0.05) is 18.2 Å². The van der Waals surface area contributed by atoms with Crippen molar-refractivity contribution in [2.24, 2.45) is 0 Å². The van der Waals surface area contributed by atoms with Gasteiger partial charge in [-0.25, -0.2) is 4.79 Å². The first-order valence-corrected chi connectivity index (χ1v) is 6.49. The molecule has 0 aliphatic carbocycles. The van der Waals surface area contributed by atoms with Gasteiger partial charge in [0.05, 0.1) is 0 Å². The number of alkyl halides is 3. The Kier molecular flexibility index (Phi) is 5.25. The third-order valence-electron chi connectivity index (χ3n) is 2.59. The zero-order valence-electron chi connectivity index (χ0n) is 10.2. The fraction of sp³-hybridized carbons (Fsp3) is 0.417. The average molecular weight is 293 g/mol. The number of thioether (sulfide) groups is 1. The van der Waals surface area contributed by atoms with Crippen LogP contribution in [0.15, 0.2) is 35.2 Å². The van der Waals surface area contributed by atoms with Crippen molar-refractivity contribution < 1.29 is 23.1 Å². The van der Waals surface area contributed by atoms with Crippen LogP contribution in [0.1, 0.15) is 6.92 Å². The molecule has 1 rings (SSSR count). The second-order valence-electron chi connectivity index (χ2n) is 4.02. The second kappa shape index (κ2) is 6.29. The number of carboxylic acids is 1. The van der Waals surface area contributed by atoms with E-state index in [0.29, 0.717) is 12.7 Å². The molecule has 0 radical (unpaired) electrons. The van der Waals surface area contributed by atoms with Crippen LogP contribution in [0.4, 0.5) is 13.2 Å². The lowest BCUT2D eigenvalue weighted by Crippen LogP contribution is -2.60. The van der Waals surface area contributed by atoms with Gasteiger partial charge in [-0.2, -0.15) is 13.2 Å². The molecule has 1 unspecified atom stereocenters. The maximum atomic E-state index is 12.7. The highest BCUT2D eigenvalue weighted by atomic mass is 32.2. The van der Waals surface area contributed by atoms with Crippen molar-refractivity contribution in [2.75, 3.05) is 12.3 Å². The quantitative estimate of drug-likeness (QED) is 0.625. The summed E-state index contributed by atoms with van der Waals surface area (Å²) in [5.74, 6) is -1.58. The molecule has 7 heteroatoms. The number of carboxylic acid groups (broad SMARTS) is 1. The van der Waals surface area contributed by atoms with Crippen molar-refractivity contribution in [1.29, 1.82) is 0 Å². The minimum Gasteiger partial charge on any atom is -0.480 e. The summed E-state index contributed by atoms with van der Waals surface area (Å²) >= 11 is 1.36. The van der Waals surface area contributed by atoms with Gasteiger partial charge in [0.25, 0.3) is 0 Å². The Balaban J connectivity index is 2.49. The molecule has 19 heavy (non-hydrogen) atoms. The molecular formula is C12H14F3NO2S. The molecule has 2 N–H and O–H groups in total. The largest absolute Gasteiger partial charge is 0.480 e. The van der Waals surface area contributed by atoms with E-state index in [1.54, 1.807) is 0 Å². The molecule has 0 aliphatic rings. The Morgan fingerprint density at radius 1 is 1.32 bits per heavy atom. The van der Waals surface area contributed by atoms with Crippen molar-refractivity contribution in [1.82, 2.24) is 5.32 Å². The summed E-state index contributed by atoms with van der Waals surface area (Å²) in [5, 5.41) is 10.8. The number of rotatable bonds is 6. The van der Waals surface area contributed by atoms with Gasteiger partial charge in [0.1, 0.15) is 0 Å². The Bertz CT molecular complexity index is 425.